The van der Waals surface area contributed by atoms with Crippen LogP contribution in [0.2, 0.25) is 0 Å². The Morgan fingerprint density at radius 3 is 3.12 bits per heavy atom. The van der Waals surface area contributed by atoms with E-state index in [-0.39, 0.29) is 0 Å². The van der Waals surface area contributed by atoms with Crippen molar-refractivity contribution in [2.24, 2.45) is 0 Å². The van der Waals surface area contributed by atoms with E-state index < -0.39 is 0 Å². The number of hydrogen-bond acceptors (Lipinski definition) is 6. The summed E-state index contributed by atoms with van der Waals surface area (Å²) in [6.45, 7) is 2.19. The van der Waals surface area contributed by atoms with Crippen molar-refractivity contribution in [1.82, 2.24) is 25.3 Å². The van der Waals surface area contributed by atoms with Gasteiger partial charge in [-0.05, 0) is 15.9 Å². The number of methoxy groups -OCH3 is 1. The first-order chi connectivity index (χ1) is 8.29. The normalized spacial score (nSPS) is 10.9. The van der Waals surface area contributed by atoms with E-state index in [1.807, 2.05) is 6.20 Å². The maximum atomic E-state index is 4.94. The first-order valence-corrected chi connectivity index (χ1v) is 6.63. The van der Waals surface area contributed by atoms with Crippen molar-refractivity contribution in [2.45, 2.75) is 6.54 Å². The zero-order valence-corrected chi connectivity index (χ0v) is 11.7. The molecule has 0 atom stereocenters. The topological polar surface area (TPSA) is 64.9 Å². The van der Waals surface area contributed by atoms with Gasteiger partial charge in [-0.1, -0.05) is 11.3 Å². The molecule has 0 radical (unpaired) electrons. The van der Waals surface area contributed by atoms with Crippen LogP contribution in [0.3, 0.4) is 0 Å². The summed E-state index contributed by atoms with van der Waals surface area (Å²) in [6, 6.07) is 0. The molecule has 0 saturated heterocycles. The molecule has 0 spiro atoms. The zero-order chi connectivity index (χ0) is 12.1. The fourth-order valence-corrected chi connectivity index (χ4v) is 2.21. The van der Waals surface area contributed by atoms with E-state index in [0.717, 1.165) is 21.2 Å². The van der Waals surface area contributed by atoms with Crippen LogP contribution in [0.5, 0.6) is 0 Å². The molecule has 2 rings (SSSR count). The van der Waals surface area contributed by atoms with E-state index in [9.17, 15) is 0 Å². The standard InChI is InChI=1S/C9H12BrN5OS/c1-16-3-2-11-5-8-13-14-9(17-8)15-6-7(10)4-12-15/h4,6,11H,2-3,5H2,1H3. The highest BCUT2D eigenvalue weighted by Crippen LogP contribution is 2.16. The minimum atomic E-state index is 0.692. The number of nitrogens with one attached hydrogen (secondary N) is 1. The van der Waals surface area contributed by atoms with Gasteiger partial charge in [0.2, 0.25) is 5.13 Å². The smallest absolute Gasteiger partial charge is 0.232 e. The Balaban J connectivity index is 1.92. The Morgan fingerprint density at radius 2 is 2.41 bits per heavy atom. The van der Waals surface area contributed by atoms with E-state index in [1.54, 1.807) is 18.0 Å². The highest BCUT2D eigenvalue weighted by atomic mass is 79.9. The number of nitrogens with zero attached hydrogens (tertiary/aromatic N) is 4. The molecule has 0 aromatic carbocycles. The van der Waals surface area contributed by atoms with E-state index >= 15 is 0 Å². The van der Waals surface area contributed by atoms with Gasteiger partial charge >= 0.3 is 0 Å². The second kappa shape index (κ2) is 6.20. The van der Waals surface area contributed by atoms with Gasteiger partial charge in [0.1, 0.15) is 5.01 Å². The lowest BCUT2D eigenvalue weighted by Crippen LogP contribution is -2.18. The van der Waals surface area contributed by atoms with Crippen molar-refractivity contribution < 1.29 is 4.74 Å². The quantitative estimate of drug-likeness (QED) is 0.812. The van der Waals surface area contributed by atoms with Crippen LogP contribution < -0.4 is 5.32 Å². The Labute approximate surface area is 111 Å². The molecule has 2 heterocycles. The van der Waals surface area contributed by atoms with Crippen LogP contribution in [-0.2, 0) is 11.3 Å². The SMILES string of the molecule is COCCNCc1nnc(-n2cc(Br)cn2)s1. The number of ether oxygens (including phenoxy) is 1. The Bertz CT molecular complexity index is 471. The molecule has 8 heteroatoms. The summed E-state index contributed by atoms with van der Waals surface area (Å²) in [5.41, 5.74) is 0. The maximum absolute atomic E-state index is 4.94. The van der Waals surface area contributed by atoms with E-state index in [0.29, 0.717) is 13.2 Å². The van der Waals surface area contributed by atoms with E-state index in [4.69, 9.17) is 4.74 Å². The van der Waals surface area contributed by atoms with Crippen molar-refractivity contribution in [1.29, 1.82) is 0 Å². The van der Waals surface area contributed by atoms with E-state index in [2.05, 4.69) is 36.5 Å². The van der Waals surface area contributed by atoms with Gasteiger partial charge in [-0.25, -0.2) is 4.68 Å². The van der Waals surface area contributed by atoms with Crippen LogP contribution in [-0.4, -0.2) is 40.2 Å². The molecular formula is C9H12BrN5OS. The van der Waals surface area contributed by atoms with Crippen LogP contribution in [0.4, 0.5) is 0 Å². The maximum Gasteiger partial charge on any atom is 0.232 e. The number of hydrogen-bond donors (Lipinski definition) is 1. The molecule has 6 nitrogen and oxygen atoms in total. The molecule has 0 saturated carbocycles. The van der Waals surface area contributed by atoms with Gasteiger partial charge < -0.3 is 10.1 Å². The summed E-state index contributed by atoms with van der Waals surface area (Å²) in [5, 5.41) is 17.2. The van der Waals surface area contributed by atoms with Crippen LogP contribution in [0.25, 0.3) is 5.13 Å². The first kappa shape index (κ1) is 12.6. The predicted molar refractivity (Wildman–Crippen MR) is 68.3 cm³/mol. The van der Waals surface area contributed by atoms with Crippen molar-refractivity contribution in [3.8, 4) is 5.13 Å². The van der Waals surface area contributed by atoms with Gasteiger partial charge in [0.05, 0.1) is 17.3 Å². The average Bonchev–Trinajstić information content (AvgIpc) is 2.93. The van der Waals surface area contributed by atoms with Crippen molar-refractivity contribution >= 4 is 27.3 Å². The summed E-state index contributed by atoms with van der Waals surface area (Å²) in [7, 11) is 1.68. The summed E-state index contributed by atoms with van der Waals surface area (Å²) >= 11 is 4.85. The van der Waals surface area contributed by atoms with Gasteiger partial charge in [-0.3, -0.25) is 0 Å². The number of halogens is 1. The summed E-state index contributed by atoms with van der Waals surface area (Å²) < 4.78 is 7.56. The summed E-state index contributed by atoms with van der Waals surface area (Å²) in [4.78, 5) is 0. The fraction of sp³-hybridized carbons (Fsp3) is 0.444. The van der Waals surface area contributed by atoms with Crippen LogP contribution in [0, 0.1) is 0 Å². The van der Waals surface area contributed by atoms with Gasteiger partial charge in [-0.2, -0.15) is 5.10 Å². The Hall–Kier alpha value is -0.830. The average molecular weight is 318 g/mol. The zero-order valence-electron chi connectivity index (χ0n) is 9.26. The highest BCUT2D eigenvalue weighted by Gasteiger charge is 2.06. The third-order valence-electron chi connectivity index (χ3n) is 1.96. The van der Waals surface area contributed by atoms with Gasteiger partial charge in [0.25, 0.3) is 0 Å². The number of aromatic nitrogens is 4. The van der Waals surface area contributed by atoms with Crippen molar-refractivity contribution in [3.63, 3.8) is 0 Å². The molecular weight excluding hydrogens is 306 g/mol. The predicted octanol–water partition coefficient (Wildman–Crippen LogP) is 1.22. The van der Waals surface area contributed by atoms with E-state index in [1.165, 1.54) is 11.3 Å². The number of rotatable bonds is 6. The second-order valence-electron chi connectivity index (χ2n) is 3.25. The largest absolute Gasteiger partial charge is 0.383 e. The van der Waals surface area contributed by atoms with Crippen molar-refractivity contribution in [3.05, 3.63) is 21.9 Å². The third-order valence-corrected chi connectivity index (χ3v) is 3.28. The molecule has 0 aliphatic rings. The van der Waals surface area contributed by atoms with Crippen LogP contribution in [0.1, 0.15) is 5.01 Å². The Morgan fingerprint density at radius 1 is 1.53 bits per heavy atom. The van der Waals surface area contributed by atoms with Crippen LogP contribution >= 0.6 is 27.3 Å². The minimum Gasteiger partial charge on any atom is -0.383 e. The molecule has 0 aliphatic heterocycles. The lowest BCUT2D eigenvalue weighted by Gasteiger charge is -1.99. The molecule has 0 aliphatic carbocycles. The van der Waals surface area contributed by atoms with Crippen molar-refractivity contribution in [2.75, 3.05) is 20.3 Å². The first-order valence-electron chi connectivity index (χ1n) is 5.02. The molecule has 2 aromatic rings. The Kier molecular flexibility index (Phi) is 4.60. The minimum absolute atomic E-state index is 0.692. The lowest BCUT2D eigenvalue weighted by molar-refractivity contribution is 0.199. The van der Waals surface area contributed by atoms with Gasteiger partial charge in [0.15, 0.2) is 0 Å². The molecule has 17 heavy (non-hydrogen) atoms. The fourth-order valence-electron chi connectivity index (χ4n) is 1.18. The van der Waals surface area contributed by atoms with Gasteiger partial charge in [-0.15, -0.1) is 10.2 Å². The van der Waals surface area contributed by atoms with Gasteiger partial charge in [0, 0.05) is 26.4 Å². The molecule has 92 valence electrons. The molecule has 1 N–H and O–H groups in total. The molecule has 0 unspecified atom stereocenters. The monoisotopic (exact) mass is 317 g/mol. The molecule has 0 bridgehead atoms. The second-order valence-corrected chi connectivity index (χ2v) is 5.21. The third kappa shape index (κ3) is 3.56. The molecule has 0 amide bonds. The summed E-state index contributed by atoms with van der Waals surface area (Å²) in [5.74, 6) is 0. The molecule has 2 aromatic heterocycles. The van der Waals surface area contributed by atoms with Crippen LogP contribution in [0.15, 0.2) is 16.9 Å². The molecule has 0 fully saturated rings. The highest BCUT2D eigenvalue weighted by molar-refractivity contribution is 9.10. The lowest BCUT2D eigenvalue weighted by atomic mass is 10.6. The summed E-state index contributed by atoms with van der Waals surface area (Å²) in [6.07, 6.45) is 3.57.